The van der Waals surface area contributed by atoms with Crippen LogP contribution in [0.5, 0.6) is 0 Å². The van der Waals surface area contributed by atoms with E-state index in [1.54, 1.807) is 0 Å². The molecular formula is C15H28IN3O. The Morgan fingerprint density at radius 2 is 2.05 bits per heavy atom. The summed E-state index contributed by atoms with van der Waals surface area (Å²) in [5.74, 6) is 0.625. The summed E-state index contributed by atoms with van der Waals surface area (Å²) in [7, 11) is 0. The summed E-state index contributed by atoms with van der Waals surface area (Å²) >= 11 is 0. The molecule has 1 fully saturated rings. The van der Waals surface area contributed by atoms with E-state index in [4.69, 9.17) is 10.5 Å². The Hall–Kier alpha value is -0.300. The topological polar surface area (TPSA) is 59.6 Å². The summed E-state index contributed by atoms with van der Waals surface area (Å²) in [6, 6.07) is 0.536. The van der Waals surface area contributed by atoms with Crippen LogP contribution in [0.2, 0.25) is 0 Å². The first-order valence-corrected chi connectivity index (χ1v) is 7.67. The van der Waals surface area contributed by atoms with Crippen LogP contribution in [0.25, 0.3) is 0 Å². The van der Waals surface area contributed by atoms with Crippen molar-refractivity contribution in [3.63, 3.8) is 0 Å². The molecule has 20 heavy (non-hydrogen) atoms. The lowest BCUT2D eigenvalue weighted by Crippen LogP contribution is -2.39. The maximum absolute atomic E-state index is 5.97. The van der Waals surface area contributed by atoms with Gasteiger partial charge in [-0.3, -0.25) is 4.99 Å². The second kappa shape index (κ2) is 10.4. The number of hydrogen-bond acceptors (Lipinski definition) is 2. The molecule has 0 aromatic carbocycles. The molecule has 0 atom stereocenters. The van der Waals surface area contributed by atoms with Crippen LogP contribution >= 0.6 is 24.0 Å². The van der Waals surface area contributed by atoms with Gasteiger partial charge in [-0.1, -0.05) is 37.3 Å². The van der Waals surface area contributed by atoms with Gasteiger partial charge in [-0.15, -0.1) is 24.0 Å². The van der Waals surface area contributed by atoms with Crippen molar-refractivity contribution in [2.45, 2.75) is 57.4 Å². The summed E-state index contributed by atoms with van der Waals surface area (Å²) in [6.45, 7) is 2.40. The summed E-state index contributed by atoms with van der Waals surface area (Å²) in [5, 5.41) is 3.38. The van der Waals surface area contributed by atoms with E-state index in [0.717, 1.165) is 32.6 Å². The third-order valence-corrected chi connectivity index (χ3v) is 3.98. The Bertz CT molecular complexity index is 323. The maximum atomic E-state index is 5.97. The Kier molecular flexibility index (Phi) is 9.26. The standard InChI is InChI=1S/C15H27N3O.HI/c16-15(18-14-5-3-1-2-4-6-14)17-10-7-13-8-11-19-12-9-13;/h8,14H,1-7,9-12H2,(H3,16,17,18);1H. The van der Waals surface area contributed by atoms with Gasteiger partial charge in [0.15, 0.2) is 5.96 Å². The first kappa shape index (κ1) is 17.8. The fraction of sp³-hybridized carbons (Fsp3) is 0.800. The normalized spacial score (nSPS) is 21.6. The first-order chi connectivity index (χ1) is 9.34. The minimum Gasteiger partial charge on any atom is -0.377 e. The highest BCUT2D eigenvalue weighted by molar-refractivity contribution is 14.0. The Labute approximate surface area is 139 Å². The maximum Gasteiger partial charge on any atom is 0.188 e. The molecule has 0 aromatic heterocycles. The molecule has 0 radical (unpaired) electrons. The molecule has 0 unspecified atom stereocenters. The van der Waals surface area contributed by atoms with Crippen LogP contribution < -0.4 is 11.1 Å². The fourth-order valence-corrected chi connectivity index (χ4v) is 2.79. The zero-order chi connectivity index (χ0) is 13.3. The van der Waals surface area contributed by atoms with Gasteiger partial charge in [0.05, 0.1) is 13.2 Å². The number of nitrogens with zero attached hydrogens (tertiary/aromatic N) is 1. The fourth-order valence-electron chi connectivity index (χ4n) is 2.79. The van der Waals surface area contributed by atoms with Crippen LogP contribution in [0.15, 0.2) is 16.6 Å². The minimum absolute atomic E-state index is 0. The van der Waals surface area contributed by atoms with Gasteiger partial charge in [-0.25, -0.2) is 0 Å². The van der Waals surface area contributed by atoms with Crippen molar-refractivity contribution >= 4 is 29.9 Å². The SMILES string of the molecule is I.NC(=NCCC1=CCOCC1)NC1CCCCCC1. The van der Waals surface area contributed by atoms with Gasteiger partial charge in [-0.2, -0.15) is 0 Å². The Balaban J connectivity index is 0.00000200. The van der Waals surface area contributed by atoms with Crippen LogP contribution in [0.4, 0.5) is 0 Å². The Morgan fingerprint density at radius 1 is 1.30 bits per heavy atom. The number of guanidine groups is 1. The molecule has 4 nitrogen and oxygen atoms in total. The summed E-state index contributed by atoms with van der Waals surface area (Å²) in [6.07, 6.45) is 12.1. The van der Waals surface area contributed by atoms with Crippen molar-refractivity contribution in [2.24, 2.45) is 10.7 Å². The quantitative estimate of drug-likeness (QED) is 0.254. The van der Waals surface area contributed by atoms with Crippen molar-refractivity contribution in [3.8, 4) is 0 Å². The first-order valence-electron chi connectivity index (χ1n) is 7.67. The molecule has 1 aliphatic heterocycles. The lowest BCUT2D eigenvalue weighted by molar-refractivity contribution is 0.153. The number of hydrogen-bond donors (Lipinski definition) is 2. The third-order valence-electron chi connectivity index (χ3n) is 3.98. The van der Waals surface area contributed by atoms with Crippen LogP contribution in [0.1, 0.15) is 51.4 Å². The van der Waals surface area contributed by atoms with E-state index < -0.39 is 0 Å². The van der Waals surface area contributed by atoms with E-state index in [0.29, 0.717) is 12.0 Å². The van der Waals surface area contributed by atoms with E-state index >= 15 is 0 Å². The van der Waals surface area contributed by atoms with Crippen LogP contribution in [0.3, 0.4) is 0 Å². The van der Waals surface area contributed by atoms with Crippen LogP contribution in [0, 0.1) is 0 Å². The van der Waals surface area contributed by atoms with E-state index in [1.165, 1.54) is 44.1 Å². The van der Waals surface area contributed by atoms with Crippen molar-refractivity contribution in [2.75, 3.05) is 19.8 Å². The van der Waals surface area contributed by atoms with Gasteiger partial charge in [0.25, 0.3) is 0 Å². The molecule has 2 aliphatic rings. The molecule has 0 saturated heterocycles. The molecule has 0 bridgehead atoms. The van der Waals surface area contributed by atoms with Gasteiger partial charge in [0.1, 0.15) is 0 Å². The summed E-state index contributed by atoms with van der Waals surface area (Å²) < 4.78 is 5.29. The monoisotopic (exact) mass is 393 g/mol. The average molecular weight is 393 g/mol. The molecular weight excluding hydrogens is 365 g/mol. The Morgan fingerprint density at radius 3 is 2.70 bits per heavy atom. The second-order valence-corrected chi connectivity index (χ2v) is 5.54. The van der Waals surface area contributed by atoms with Gasteiger partial charge >= 0.3 is 0 Å². The number of nitrogens with one attached hydrogen (secondary N) is 1. The van der Waals surface area contributed by atoms with Crippen molar-refractivity contribution in [3.05, 3.63) is 11.6 Å². The van der Waals surface area contributed by atoms with Gasteiger partial charge in [0, 0.05) is 12.6 Å². The van der Waals surface area contributed by atoms with Crippen molar-refractivity contribution in [1.82, 2.24) is 5.32 Å². The highest BCUT2D eigenvalue weighted by Gasteiger charge is 2.12. The molecule has 5 heteroatoms. The lowest BCUT2D eigenvalue weighted by Gasteiger charge is -2.17. The number of nitrogens with two attached hydrogens (primary N) is 1. The number of aliphatic imine (C=N–C) groups is 1. The smallest absolute Gasteiger partial charge is 0.188 e. The van der Waals surface area contributed by atoms with Crippen LogP contribution in [-0.4, -0.2) is 31.8 Å². The molecule has 3 N–H and O–H groups in total. The second-order valence-electron chi connectivity index (χ2n) is 5.54. The van der Waals surface area contributed by atoms with Gasteiger partial charge < -0.3 is 15.8 Å². The third kappa shape index (κ3) is 6.92. The zero-order valence-electron chi connectivity index (χ0n) is 12.3. The van der Waals surface area contributed by atoms with E-state index in [1.807, 2.05) is 0 Å². The lowest BCUT2D eigenvalue weighted by atomic mass is 10.1. The van der Waals surface area contributed by atoms with Gasteiger partial charge in [-0.05, 0) is 25.7 Å². The molecule has 0 aromatic rings. The predicted octanol–water partition coefficient (Wildman–Crippen LogP) is 2.97. The molecule has 1 saturated carbocycles. The summed E-state index contributed by atoms with van der Waals surface area (Å²) in [5.41, 5.74) is 7.42. The molecule has 0 spiro atoms. The highest BCUT2D eigenvalue weighted by Crippen LogP contribution is 2.17. The van der Waals surface area contributed by atoms with Crippen molar-refractivity contribution in [1.29, 1.82) is 0 Å². The molecule has 116 valence electrons. The molecule has 2 rings (SSSR count). The highest BCUT2D eigenvalue weighted by atomic mass is 127. The molecule has 1 aliphatic carbocycles. The number of rotatable bonds is 4. The van der Waals surface area contributed by atoms with Gasteiger partial charge in [0.2, 0.25) is 0 Å². The van der Waals surface area contributed by atoms with E-state index in [2.05, 4.69) is 16.4 Å². The van der Waals surface area contributed by atoms with E-state index in [-0.39, 0.29) is 24.0 Å². The summed E-state index contributed by atoms with van der Waals surface area (Å²) in [4.78, 5) is 4.44. The average Bonchev–Trinajstić information content (AvgIpc) is 2.68. The molecule has 1 heterocycles. The zero-order valence-corrected chi connectivity index (χ0v) is 14.6. The minimum atomic E-state index is 0. The number of halogens is 1. The number of ether oxygens (including phenoxy) is 1. The van der Waals surface area contributed by atoms with E-state index in [9.17, 15) is 0 Å². The van der Waals surface area contributed by atoms with Crippen molar-refractivity contribution < 1.29 is 4.74 Å². The predicted molar refractivity (Wildman–Crippen MR) is 94.7 cm³/mol. The molecule has 0 amide bonds. The largest absolute Gasteiger partial charge is 0.377 e. The van der Waals surface area contributed by atoms with Crippen LogP contribution in [-0.2, 0) is 4.74 Å².